The third-order valence-corrected chi connectivity index (χ3v) is 7.95. The number of fused-ring (bicyclic) bond motifs is 1. The standard InChI is InChI=1S/C22H27N3O4S/c1-3-30(27,28)25-10-6-8-18(25)15-29-19-11-17(13-23-14-19)20-12-16-7-4-5-9-21(16)24(2)22(20)26/h4-5,7,9,11,13-14,18,20H,3,6,8,10,12,15H2,1-2H3/t18-,20?/m0/s1. The molecule has 2 aliphatic heterocycles. The minimum atomic E-state index is -3.23. The fourth-order valence-corrected chi connectivity index (χ4v) is 5.70. The molecule has 2 aromatic rings. The van der Waals surface area contributed by atoms with Crippen molar-refractivity contribution in [3.63, 3.8) is 0 Å². The van der Waals surface area contributed by atoms with Gasteiger partial charge in [-0.15, -0.1) is 0 Å². The topological polar surface area (TPSA) is 79.8 Å². The molecule has 1 fully saturated rings. The zero-order valence-corrected chi connectivity index (χ0v) is 18.1. The van der Waals surface area contributed by atoms with Gasteiger partial charge in [0.25, 0.3) is 0 Å². The SMILES string of the molecule is CCS(=O)(=O)N1CCC[C@H]1COc1cncc(C2Cc3ccccc3N(C)C2=O)c1. The second-order valence-electron chi connectivity index (χ2n) is 7.85. The van der Waals surface area contributed by atoms with Gasteiger partial charge in [-0.3, -0.25) is 9.78 Å². The summed E-state index contributed by atoms with van der Waals surface area (Å²) in [6.07, 6.45) is 5.57. The number of carbonyl (C=O) groups excluding carboxylic acids is 1. The summed E-state index contributed by atoms with van der Waals surface area (Å²) in [4.78, 5) is 18.9. The van der Waals surface area contributed by atoms with Crippen LogP contribution in [0.25, 0.3) is 0 Å². The van der Waals surface area contributed by atoms with E-state index in [0.717, 1.165) is 29.7 Å². The number of likely N-dealkylation sites (N-methyl/N-ethyl adjacent to an activating group) is 1. The van der Waals surface area contributed by atoms with Crippen molar-refractivity contribution in [3.05, 3.63) is 53.9 Å². The van der Waals surface area contributed by atoms with Crippen LogP contribution in [0, 0.1) is 0 Å². The summed E-state index contributed by atoms with van der Waals surface area (Å²) in [6.45, 7) is 2.49. The van der Waals surface area contributed by atoms with Crippen molar-refractivity contribution in [2.75, 3.05) is 30.9 Å². The highest BCUT2D eigenvalue weighted by molar-refractivity contribution is 7.89. The van der Waals surface area contributed by atoms with E-state index in [2.05, 4.69) is 4.98 Å². The van der Waals surface area contributed by atoms with Gasteiger partial charge >= 0.3 is 0 Å². The molecule has 0 saturated carbocycles. The normalized spacial score (nSPS) is 22.2. The van der Waals surface area contributed by atoms with Crippen molar-refractivity contribution in [1.82, 2.24) is 9.29 Å². The minimum Gasteiger partial charge on any atom is -0.490 e. The van der Waals surface area contributed by atoms with Gasteiger partial charge in [-0.2, -0.15) is 4.31 Å². The Balaban J connectivity index is 1.49. The molecule has 8 heteroatoms. The second-order valence-corrected chi connectivity index (χ2v) is 10.1. The highest BCUT2D eigenvalue weighted by Gasteiger charge is 2.34. The van der Waals surface area contributed by atoms with E-state index in [9.17, 15) is 13.2 Å². The van der Waals surface area contributed by atoms with E-state index in [1.54, 1.807) is 35.6 Å². The fraction of sp³-hybridized carbons (Fsp3) is 0.455. The van der Waals surface area contributed by atoms with Crippen LogP contribution in [0.4, 0.5) is 5.69 Å². The molecule has 160 valence electrons. The number of rotatable bonds is 6. The third kappa shape index (κ3) is 3.94. The van der Waals surface area contributed by atoms with Gasteiger partial charge in [-0.25, -0.2) is 8.42 Å². The first-order valence-corrected chi connectivity index (χ1v) is 11.9. The molecule has 2 atom stereocenters. The number of sulfonamides is 1. The number of amides is 1. The van der Waals surface area contributed by atoms with E-state index < -0.39 is 10.0 Å². The molecule has 7 nitrogen and oxygen atoms in total. The van der Waals surface area contributed by atoms with Crippen molar-refractivity contribution < 1.29 is 17.9 Å². The quantitative estimate of drug-likeness (QED) is 0.705. The van der Waals surface area contributed by atoms with Gasteiger partial charge in [-0.1, -0.05) is 18.2 Å². The van der Waals surface area contributed by atoms with E-state index in [1.165, 1.54) is 0 Å². The number of pyridine rings is 1. The van der Waals surface area contributed by atoms with Gasteiger partial charge in [0.1, 0.15) is 12.4 Å². The Morgan fingerprint density at radius 2 is 2.03 bits per heavy atom. The molecular formula is C22H27N3O4S. The fourth-order valence-electron chi connectivity index (χ4n) is 4.34. The third-order valence-electron chi connectivity index (χ3n) is 6.03. The van der Waals surface area contributed by atoms with Gasteiger partial charge in [0.05, 0.1) is 23.9 Å². The predicted octanol–water partition coefficient (Wildman–Crippen LogP) is 2.58. The lowest BCUT2D eigenvalue weighted by molar-refractivity contribution is -0.120. The molecule has 1 aromatic carbocycles. The maximum atomic E-state index is 12.9. The second kappa shape index (κ2) is 8.35. The van der Waals surface area contributed by atoms with Crippen molar-refractivity contribution in [1.29, 1.82) is 0 Å². The first-order valence-electron chi connectivity index (χ1n) is 10.3. The average Bonchev–Trinajstić information content (AvgIpc) is 3.25. The smallest absolute Gasteiger partial charge is 0.234 e. The van der Waals surface area contributed by atoms with E-state index in [4.69, 9.17) is 4.74 Å². The lowest BCUT2D eigenvalue weighted by Gasteiger charge is -2.31. The van der Waals surface area contributed by atoms with Crippen LogP contribution in [0.3, 0.4) is 0 Å². The number of nitrogens with zero attached hydrogens (tertiary/aromatic N) is 3. The number of carbonyl (C=O) groups is 1. The van der Waals surface area contributed by atoms with Gasteiger partial charge in [-0.05, 0) is 49.4 Å². The summed E-state index contributed by atoms with van der Waals surface area (Å²) in [5, 5.41) is 0. The van der Waals surface area contributed by atoms with Gasteiger partial charge in [0.15, 0.2) is 0 Å². The zero-order chi connectivity index (χ0) is 21.3. The van der Waals surface area contributed by atoms with Gasteiger partial charge in [0, 0.05) is 25.5 Å². The molecular weight excluding hydrogens is 402 g/mol. The Bertz CT molecular complexity index is 1040. The van der Waals surface area contributed by atoms with Crippen LogP contribution in [0.5, 0.6) is 5.75 Å². The first kappa shape index (κ1) is 20.8. The number of benzene rings is 1. The summed E-state index contributed by atoms with van der Waals surface area (Å²) >= 11 is 0. The lowest BCUT2D eigenvalue weighted by Crippen LogP contribution is -2.39. The zero-order valence-electron chi connectivity index (χ0n) is 17.3. The largest absolute Gasteiger partial charge is 0.490 e. The molecule has 0 radical (unpaired) electrons. The maximum absolute atomic E-state index is 12.9. The number of ether oxygens (including phenoxy) is 1. The summed E-state index contributed by atoms with van der Waals surface area (Å²) < 4.78 is 32.0. The number of para-hydroxylation sites is 1. The number of anilines is 1. The molecule has 0 N–H and O–H groups in total. The van der Waals surface area contributed by atoms with E-state index in [-0.39, 0.29) is 30.2 Å². The summed E-state index contributed by atoms with van der Waals surface area (Å²) in [7, 11) is -1.44. The van der Waals surface area contributed by atoms with Crippen molar-refractivity contribution in [2.45, 2.75) is 38.1 Å². The van der Waals surface area contributed by atoms with Crippen LogP contribution in [0.15, 0.2) is 42.7 Å². The maximum Gasteiger partial charge on any atom is 0.234 e. The van der Waals surface area contributed by atoms with E-state index >= 15 is 0 Å². The molecule has 4 rings (SSSR count). The Morgan fingerprint density at radius 3 is 2.83 bits per heavy atom. The predicted molar refractivity (Wildman–Crippen MR) is 115 cm³/mol. The molecule has 0 bridgehead atoms. The molecule has 1 amide bonds. The molecule has 0 spiro atoms. The summed E-state index contributed by atoms with van der Waals surface area (Å²) in [6, 6.07) is 9.61. The number of hydrogen-bond donors (Lipinski definition) is 0. The Labute approximate surface area is 177 Å². The van der Waals surface area contributed by atoms with E-state index in [1.807, 2.05) is 30.3 Å². The van der Waals surface area contributed by atoms with Crippen LogP contribution in [0.1, 0.15) is 36.8 Å². The molecule has 1 saturated heterocycles. The number of hydrogen-bond acceptors (Lipinski definition) is 5. The van der Waals surface area contributed by atoms with Crippen LogP contribution in [-0.4, -0.2) is 55.6 Å². The highest BCUT2D eigenvalue weighted by Crippen LogP contribution is 2.35. The first-order chi connectivity index (χ1) is 14.4. The summed E-state index contributed by atoms with van der Waals surface area (Å²) in [5.41, 5.74) is 2.88. The van der Waals surface area contributed by atoms with Crippen LogP contribution in [0.2, 0.25) is 0 Å². The van der Waals surface area contributed by atoms with E-state index in [0.29, 0.717) is 18.7 Å². The number of aromatic nitrogens is 1. The molecule has 2 aliphatic rings. The van der Waals surface area contributed by atoms with Crippen LogP contribution in [-0.2, 0) is 21.2 Å². The Morgan fingerprint density at radius 1 is 1.23 bits per heavy atom. The van der Waals surface area contributed by atoms with Crippen molar-refractivity contribution in [3.8, 4) is 5.75 Å². The minimum absolute atomic E-state index is 0.0312. The monoisotopic (exact) mass is 429 g/mol. The Kier molecular flexibility index (Phi) is 5.79. The van der Waals surface area contributed by atoms with Gasteiger partial charge < -0.3 is 9.64 Å². The molecule has 30 heavy (non-hydrogen) atoms. The van der Waals surface area contributed by atoms with Crippen molar-refractivity contribution >= 4 is 21.6 Å². The Hall–Kier alpha value is -2.45. The highest BCUT2D eigenvalue weighted by atomic mass is 32.2. The molecule has 0 aliphatic carbocycles. The van der Waals surface area contributed by atoms with Crippen LogP contribution >= 0.6 is 0 Å². The average molecular weight is 430 g/mol. The van der Waals surface area contributed by atoms with Gasteiger partial charge in [0.2, 0.25) is 15.9 Å². The molecule has 1 unspecified atom stereocenters. The summed E-state index contributed by atoms with van der Waals surface area (Å²) in [5.74, 6) is 0.370. The molecule has 3 heterocycles. The van der Waals surface area contributed by atoms with Crippen molar-refractivity contribution in [2.24, 2.45) is 0 Å². The molecule has 1 aromatic heterocycles. The lowest BCUT2D eigenvalue weighted by atomic mass is 9.87. The van der Waals surface area contributed by atoms with Crippen LogP contribution < -0.4 is 9.64 Å².